The standard InChI is InChI=1S/C25H25Cl2N3O6/c1-25(2,3)9-19(31)36-24(33)30-8-7-17-14(12-30)20-13(5-6-18(34-4)22(20)35-17)23(32)29-21-15(26)10-28-11-16(21)27/h5-6,10-11H,7-9,12H2,1-4H3,(H,28,29,32). The van der Waals surface area contributed by atoms with Crippen molar-refractivity contribution in [3.8, 4) is 5.75 Å². The molecule has 0 radical (unpaired) electrons. The van der Waals surface area contributed by atoms with Gasteiger partial charge in [-0.2, -0.15) is 0 Å². The zero-order valence-corrected chi connectivity index (χ0v) is 21.7. The molecular weight excluding hydrogens is 509 g/mol. The summed E-state index contributed by atoms with van der Waals surface area (Å²) in [6.07, 6.45) is 2.48. The van der Waals surface area contributed by atoms with E-state index < -0.39 is 18.0 Å². The monoisotopic (exact) mass is 533 g/mol. The molecule has 1 aromatic carbocycles. The van der Waals surface area contributed by atoms with Crippen LogP contribution in [-0.4, -0.2) is 41.5 Å². The average molecular weight is 534 g/mol. The smallest absolute Gasteiger partial charge is 0.417 e. The number of furan rings is 1. The van der Waals surface area contributed by atoms with Gasteiger partial charge in [0, 0.05) is 36.3 Å². The van der Waals surface area contributed by atoms with Crippen LogP contribution in [0, 0.1) is 5.41 Å². The Kier molecular flexibility index (Phi) is 7.15. The number of esters is 1. The predicted molar refractivity (Wildman–Crippen MR) is 135 cm³/mol. The number of nitrogens with zero attached hydrogens (tertiary/aromatic N) is 2. The lowest BCUT2D eigenvalue weighted by atomic mass is 9.93. The lowest BCUT2D eigenvalue weighted by Gasteiger charge is -2.26. The van der Waals surface area contributed by atoms with Crippen LogP contribution in [0.4, 0.5) is 10.5 Å². The van der Waals surface area contributed by atoms with Gasteiger partial charge in [-0.05, 0) is 17.5 Å². The number of aromatic nitrogens is 1. The molecule has 2 aromatic heterocycles. The Morgan fingerprint density at radius 3 is 2.50 bits per heavy atom. The van der Waals surface area contributed by atoms with Crippen LogP contribution < -0.4 is 10.1 Å². The highest BCUT2D eigenvalue weighted by molar-refractivity contribution is 6.39. The lowest BCUT2D eigenvalue weighted by Crippen LogP contribution is -2.37. The van der Waals surface area contributed by atoms with E-state index in [2.05, 4.69) is 10.3 Å². The fourth-order valence-corrected chi connectivity index (χ4v) is 4.47. The normalized spacial score (nSPS) is 13.3. The number of halogens is 2. The Balaban J connectivity index is 1.67. The molecule has 190 valence electrons. The molecule has 0 atom stereocenters. The number of anilines is 1. The number of benzene rings is 1. The number of carbonyl (C=O) groups excluding carboxylic acids is 3. The quantitative estimate of drug-likeness (QED) is 0.330. The summed E-state index contributed by atoms with van der Waals surface area (Å²) in [7, 11) is 1.50. The van der Waals surface area contributed by atoms with E-state index in [1.165, 1.54) is 24.4 Å². The third-order valence-electron chi connectivity index (χ3n) is 5.63. The minimum atomic E-state index is -0.742. The summed E-state index contributed by atoms with van der Waals surface area (Å²) in [6, 6.07) is 3.22. The number of pyridine rings is 1. The second-order valence-electron chi connectivity index (χ2n) is 9.60. The minimum Gasteiger partial charge on any atom is -0.493 e. The SMILES string of the molecule is COc1ccc(C(=O)Nc2c(Cl)cncc2Cl)c2c3c(oc12)CCN(C(=O)OC(=O)CC(C)(C)C)C3. The molecule has 0 bridgehead atoms. The van der Waals surface area contributed by atoms with Gasteiger partial charge < -0.3 is 24.1 Å². The molecule has 9 nitrogen and oxygen atoms in total. The number of ether oxygens (including phenoxy) is 2. The predicted octanol–water partition coefficient (Wildman–Crippen LogP) is 5.85. The summed E-state index contributed by atoms with van der Waals surface area (Å²) in [5, 5.41) is 3.58. The Morgan fingerprint density at radius 2 is 1.86 bits per heavy atom. The topological polar surface area (TPSA) is 111 Å². The van der Waals surface area contributed by atoms with Gasteiger partial charge in [-0.25, -0.2) is 4.79 Å². The third-order valence-corrected chi connectivity index (χ3v) is 6.21. The highest BCUT2D eigenvalue weighted by Crippen LogP contribution is 2.39. The number of carbonyl (C=O) groups is 3. The Morgan fingerprint density at radius 1 is 1.17 bits per heavy atom. The molecule has 0 saturated heterocycles. The first-order chi connectivity index (χ1) is 17.0. The maximum absolute atomic E-state index is 13.3. The molecule has 0 fully saturated rings. The number of methoxy groups -OCH3 is 1. The molecule has 4 rings (SSSR count). The molecule has 1 aliphatic rings. The maximum Gasteiger partial charge on any atom is 0.417 e. The van der Waals surface area contributed by atoms with Gasteiger partial charge in [-0.3, -0.25) is 14.6 Å². The Bertz CT molecular complexity index is 1340. The molecule has 0 unspecified atom stereocenters. The van der Waals surface area contributed by atoms with Crippen LogP contribution >= 0.6 is 23.2 Å². The van der Waals surface area contributed by atoms with Gasteiger partial charge in [0.25, 0.3) is 5.91 Å². The second-order valence-corrected chi connectivity index (χ2v) is 10.4. The molecule has 11 heteroatoms. The number of fused-ring (bicyclic) bond motifs is 3. The van der Waals surface area contributed by atoms with Crippen LogP contribution in [0.5, 0.6) is 5.75 Å². The van der Waals surface area contributed by atoms with Gasteiger partial charge in [0.1, 0.15) is 5.76 Å². The fraction of sp³-hybridized carbons (Fsp3) is 0.360. The molecular formula is C25H25Cl2N3O6. The molecule has 2 amide bonds. The fourth-order valence-electron chi connectivity index (χ4n) is 4.01. The average Bonchev–Trinajstić information content (AvgIpc) is 3.18. The van der Waals surface area contributed by atoms with Crippen molar-refractivity contribution in [1.29, 1.82) is 0 Å². The van der Waals surface area contributed by atoms with Crippen molar-refractivity contribution < 1.29 is 28.3 Å². The van der Waals surface area contributed by atoms with E-state index in [1.807, 2.05) is 20.8 Å². The molecule has 3 aromatic rings. The zero-order valence-electron chi connectivity index (χ0n) is 20.2. The van der Waals surface area contributed by atoms with Gasteiger partial charge in [0.05, 0.1) is 41.4 Å². The van der Waals surface area contributed by atoms with Gasteiger partial charge in [-0.1, -0.05) is 44.0 Å². The van der Waals surface area contributed by atoms with Gasteiger partial charge in [-0.15, -0.1) is 0 Å². The van der Waals surface area contributed by atoms with Crippen molar-refractivity contribution in [2.45, 2.75) is 40.2 Å². The Hall–Kier alpha value is -3.30. The van der Waals surface area contributed by atoms with Gasteiger partial charge >= 0.3 is 12.1 Å². The van der Waals surface area contributed by atoms with Crippen LogP contribution in [0.3, 0.4) is 0 Å². The van der Waals surface area contributed by atoms with Crippen molar-refractivity contribution >= 4 is 57.8 Å². The second kappa shape index (κ2) is 9.99. The highest BCUT2D eigenvalue weighted by atomic mass is 35.5. The third kappa shape index (κ3) is 5.27. The molecule has 0 spiro atoms. The maximum atomic E-state index is 13.3. The number of hydrogen-bond acceptors (Lipinski definition) is 7. The molecule has 0 aliphatic carbocycles. The minimum absolute atomic E-state index is 0.0914. The van der Waals surface area contributed by atoms with Crippen molar-refractivity contribution in [3.63, 3.8) is 0 Å². The summed E-state index contributed by atoms with van der Waals surface area (Å²) < 4.78 is 16.6. The van der Waals surface area contributed by atoms with Crippen molar-refractivity contribution in [2.24, 2.45) is 5.41 Å². The van der Waals surface area contributed by atoms with Crippen molar-refractivity contribution in [2.75, 3.05) is 19.0 Å². The Labute approximate surface area is 217 Å². The first-order valence-corrected chi connectivity index (χ1v) is 11.9. The van der Waals surface area contributed by atoms with E-state index in [0.29, 0.717) is 41.0 Å². The lowest BCUT2D eigenvalue weighted by molar-refractivity contribution is -0.140. The van der Waals surface area contributed by atoms with Crippen LogP contribution in [0.15, 0.2) is 28.9 Å². The van der Waals surface area contributed by atoms with Crippen molar-refractivity contribution in [3.05, 3.63) is 51.5 Å². The molecule has 0 saturated carbocycles. The van der Waals surface area contributed by atoms with Gasteiger partial charge in [0.2, 0.25) is 0 Å². The van der Waals surface area contributed by atoms with Gasteiger partial charge in [0.15, 0.2) is 11.3 Å². The van der Waals surface area contributed by atoms with Crippen LogP contribution in [-0.2, 0) is 22.5 Å². The van der Waals surface area contributed by atoms with E-state index in [4.69, 9.17) is 37.1 Å². The van der Waals surface area contributed by atoms with E-state index >= 15 is 0 Å². The molecule has 1 N–H and O–H groups in total. The van der Waals surface area contributed by atoms with Crippen LogP contribution in [0.2, 0.25) is 10.0 Å². The number of amides is 2. The van der Waals surface area contributed by atoms with E-state index in [0.717, 1.165) is 0 Å². The number of nitrogens with one attached hydrogen (secondary N) is 1. The molecule has 36 heavy (non-hydrogen) atoms. The van der Waals surface area contributed by atoms with Crippen LogP contribution in [0.1, 0.15) is 48.9 Å². The number of rotatable bonds is 4. The highest BCUT2D eigenvalue weighted by Gasteiger charge is 2.32. The summed E-state index contributed by atoms with van der Waals surface area (Å²) in [5.41, 5.74) is 1.20. The first kappa shape index (κ1) is 25.8. The number of hydrogen-bond donors (Lipinski definition) is 1. The van der Waals surface area contributed by atoms with Crippen LogP contribution in [0.25, 0.3) is 11.0 Å². The zero-order chi connectivity index (χ0) is 26.2. The largest absolute Gasteiger partial charge is 0.493 e. The molecule has 1 aliphatic heterocycles. The summed E-state index contributed by atoms with van der Waals surface area (Å²) in [4.78, 5) is 43.6. The van der Waals surface area contributed by atoms with E-state index in [9.17, 15) is 14.4 Å². The van der Waals surface area contributed by atoms with E-state index in [-0.39, 0.29) is 39.7 Å². The van der Waals surface area contributed by atoms with E-state index in [1.54, 1.807) is 12.1 Å². The summed E-state index contributed by atoms with van der Waals surface area (Å²) in [6.45, 7) is 6.04. The molecule has 3 heterocycles. The van der Waals surface area contributed by atoms with Crippen molar-refractivity contribution in [1.82, 2.24) is 9.88 Å². The summed E-state index contributed by atoms with van der Waals surface area (Å²) in [5.74, 6) is -0.0245. The first-order valence-electron chi connectivity index (χ1n) is 11.2. The summed E-state index contributed by atoms with van der Waals surface area (Å²) >= 11 is 12.3.